The number of amides is 3. The summed E-state index contributed by atoms with van der Waals surface area (Å²) in [4.78, 5) is 41.1. The van der Waals surface area contributed by atoms with Gasteiger partial charge in [-0.1, -0.05) is 36.7 Å². The van der Waals surface area contributed by atoms with Crippen LogP contribution < -0.4 is 10.6 Å². The Morgan fingerprint density at radius 3 is 2.45 bits per heavy atom. The molecule has 0 unspecified atom stereocenters. The maximum atomic E-state index is 13.0. The number of nitrogens with zero attached hydrogens (tertiary/aromatic N) is 1. The lowest BCUT2D eigenvalue weighted by molar-refractivity contribution is -0.125. The number of hydrogen-bond acceptors (Lipinski definition) is 4. The first kappa shape index (κ1) is 23.3. The van der Waals surface area contributed by atoms with Crippen LogP contribution in [0.5, 0.6) is 0 Å². The van der Waals surface area contributed by atoms with E-state index in [0.717, 1.165) is 11.3 Å². The second kappa shape index (κ2) is 10.8. The van der Waals surface area contributed by atoms with Gasteiger partial charge in [0, 0.05) is 19.1 Å². The largest absolute Gasteiger partial charge is 0.352 e. The van der Waals surface area contributed by atoms with E-state index < -0.39 is 6.04 Å². The zero-order chi connectivity index (χ0) is 22.4. The van der Waals surface area contributed by atoms with Gasteiger partial charge in [0.1, 0.15) is 6.04 Å². The monoisotopic (exact) mass is 461 g/mol. The number of hydrogen-bond donors (Lipinski definition) is 2. The van der Waals surface area contributed by atoms with E-state index >= 15 is 0 Å². The van der Waals surface area contributed by atoms with Gasteiger partial charge in [-0.2, -0.15) is 0 Å². The van der Waals surface area contributed by atoms with Crippen LogP contribution >= 0.6 is 22.9 Å². The SMILES string of the molecule is CC[C@H](C)NC(=O)[C@@H](NC(=O)c1ccccc1Cl)C1CCN(C(=O)c2cccs2)CC1. The molecule has 1 aliphatic heterocycles. The van der Waals surface area contributed by atoms with E-state index in [2.05, 4.69) is 10.6 Å². The van der Waals surface area contributed by atoms with E-state index in [-0.39, 0.29) is 29.7 Å². The van der Waals surface area contributed by atoms with Gasteiger partial charge in [-0.25, -0.2) is 0 Å². The molecule has 3 rings (SSSR count). The number of thiophene rings is 1. The van der Waals surface area contributed by atoms with Gasteiger partial charge in [-0.05, 0) is 55.7 Å². The number of carbonyl (C=O) groups excluding carboxylic acids is 3. The summed E-state index contributed by atoms with van der Waals surface area (Å²) in [5, 5.41) is 8.13. The van der Waals surface area contributed by atoms with Crippen molar-refractivity contribution >= 4 is 40.7 Å². The molecule has 0 aliphatic carbocycles. The minimum atomic E-state index is -0.684. The van der Waals surface area contributed by atoms with Crippen molar-refractivity contribution in [2.24, 2.45) is 5.92 Å². The van der Waals surface area contributed by atoms with Crippen LogP contribution in [0.15, 0.2) is 41.8 Å². The van der Waals surface area contributed by atoms with Crippen LogP contribution in [0.25, 0.3) is 0 Å². The Balaban J connectivity index is 1.71. The quantitative estimate of drug-likeness (QED) is 0.654. The fourth-order valence-electron chi connectivity index (χ4n) is 3.69. The smallest absolute Gasteiger partial charge is 0.263 e. The van der Waals surface area contributed by atoms with Crippen LogP contribution in [0.3, 0.4) is 0 Å². The Morgan fingerprint density at radius 2 is 1.84 bits per heavy atom. The Bertz CT molecular complexity index is 911. The third kappa shape index (κ3) is 5.86. The van der Waals surface area contributed by atoms with E-state index in [1.54, 1.807) is 24.3 Å². The zero-order valence-corrected chi connectivity index (χ0v) is 19.3. The molecule has 0 saturated carbocycles. The van der Waals surface area contributed by atoms with E-state index in [1.807, 2.05) is 36.3 Å². The minimum absolute atomic E-state index is 0.00714. The molecule has 1 aliphatic rings. The molecule has 1 aromatic carbocycles. The summed E-state index contributed by atoms with van der Waals surface area (Å²) >= 11 is 7.60. The molecule has 0 spiro atoms. The van der Waals surface area contributed by atoms with Crippen LogP contribution in [0.1, 0.15) is 53.1 Å². The zero-order valence-electron chi connectivity index (χ0n) is 17.8. The molecule has 1 aromatic heterocycles. The van der Waals surface area contributed by atoms with Crippen molar-refractivity contribution in [2.45, 2.75) is 45.2 Å². The van der Waals surface area contributed by atoms with Crippen LogP contribution in [-0.2, 0) is 4.79 Å². The number of nitrogens with one attached hydrogen (secondary N) is 2. The summed E-state index contributed by atoms with van der Waals surface area (Å²) in [5.74, 6) is -0.609. The summed E-state index contributed by atoms with van der Waals surface area (Å²) in [6, 6.07) is 9.80. The molecule has 0 bridgehead atoms. The molecule has 2 N–H and O–H groups in total. The molecular formula is C23H28ClN3O3S. The third-order valence-electron chi connectivity index (χ3n) is 5.72. The Labute approximate surface area is 192 Å². The lowest BCUT2D eigenvalue weighted by atomic mass is 9.88. The molecule has 1 saturated heterocycles. The van der Waals surface area contributed by atoms with E-state index in [4.69, 9.17) is 11.6 Å². The topological polar surface area (TPSA) is 78.5 Å². The van der Waals surface area contributed by atoms with Crippen molar-refractivity contribution in [1.29, 1.82) is 0 Å². The molecule has 1 fully saturated rings. The molecule has 6 nitrogen and oxygen atoms in total. The van der Waals surface area contributed by atoms with Crippen LogP contribution in [-0.4, -0.2) is 47.8 Å². The van der Waals surface area contributed by atoms with Crippen molar-refractivity contribution in [1.82, 2.24) is 15.5 Å². The molecule has 31 heavy (non-hydrogen) atoms. The van der Waals surface area contributed by atoms with Gasteiger partial charge in [0.25, 0.3) is 11.8 Å². The first-order valence-corrected chi connectivity index (χ1v) is 11.8. The summed E-state index contributed by atoms with van der Waals surface area (Å²) < 4.78 is 0. The first-order valence-electron chi connectivity index (χ1n) is 10.6. The van der Waals surface area contributed by atoms with Crippen molar-refractivity contribution in [3.8, 4) is 0 Å². The van der Waals surface area contributed by atoms with Crippen LogP contribution in [0, 0.1) is 5.92 Å². The number of benzene rings is 1. The highest BCUT2D eigenvalue weighted by atomic mass is 35.5. The van der Waals surface area contributed by atoms with Gasteiger partial charge in [0.15, 0.2) is 0 Å². The van der Waals surface area contributed by atoms with Gasteiger partial charge < -0.3 is 15.5 Å². The standard InChI is InChI=1S/C23H28ClN3O3S/c1-3-15(2)25-22(29)20(26-21(28)17-7-4-5-8-18(17)24)16-10-12-27(13-11-16)23(30)19-9-6-14-31-19/h4-9,14-16,20H,3,10-13H2,1-2H3,(H,25,29)(H,26,28)/t15-,20-/m0/s1. The Kier molecular flexibility index (Phi) is 8.09. The highest BCUT2D eigenvalue weighted by Crippen LogP contribution is 2.24. The van der Waals surface area contributed by atoms with Crippen molar-refractivity contribution in [2.75, 3.05) is 13.1 Å². The summed E-state index contributed by atoms with van der Waals surface area (Å²) in [5.41, 5.74) is 0.343. The van der Waals surface area contributed by atoms with Gasteiger partial charge in [-0.15, -0.1) is 11.3 Å². The molecule has 2 aromatic rings. The van der Waals surface area contributed by atoms with E-state index in [9.17, 15) is 14.4 Å². The fraction of sp³-hybridized carbons (Fsp3) is 0.435. The summed E-state index contributed by atoms with van der Waals surface area (Å²) in [6.07, 6.45) is 2.07. The summed E-state index contributed by atoms with van der Waals surface area (Å²) in [6.45, 7) is 5.04. The van der Waals surface area contributed by atoms with Gasteiger partial charge in [0.05, 0.1) is 15.5 Å². The highest BCUT2D eigenvalue weighted by molar-refractivity contribution is 7.12. The number of likely N-dealkylation sites (tertiary alicyclic amines) is 1. The number of halogens is 1. The predicted octanol–water partition coefficient (Wildman–Crippen LogP) is 3.97. The van der Waals surface area contributed by atoms with Crippen molar-refractivity contribution in [3.63, 3.8) is 0 Å². The van der Waals surface area contributed by atoms with Crippen molar-refractivity contribution < 1.29 is 14.4 Å². The average molecular weight is 462 g/mol. The minimum Gasteiger partial charge on any atom is -0.352 e. The molecule has 8 heteroatoms. The fourth-order valence-corrected chi connectivity index (χ4v) is 4.60. The Morgan fingerprint density at radius 1 is 1.13 bits per heavy atom. The lowest BCUT2D eigenvalue weighted by Crippen LogP contribution is -2.55. The van der Waals surface area contributed by atoms with Gasteiger partial charge >= 0.3 is 0 Å². The molecule has 2 heterocycles. The van der Waals surface area contributed by atoms with E-state index in [0.29, 0.717) is 36.5 Å². The van der Waals surface area contributed by atoms with Crippen LogP contribution in [0.2, 0.25) is 5.02 Å². The molecule has 3 amide bonds. The van der Waals surface area contributed by atoms with Gasteiger partial charge in [-0.3, -0.25) is 14.4 Å². The maximum absolute atomic E-state index is 13.0. The van der Waals surface area contributed by atoms with Crippen LogP contribution in [0.4, 0.5) is 0 Å². The summed E-state index contributed by atoms with van der Waals surface area (Å²) in [7, 11) is 0. The molecular weight excluding hydrogens is 434 g/mol. The Hall–Kier alpha value is -2.38. The number of rotatable bonds is 7. The van der Waals surface area contributed by atoms with E-state index in [1.165, 1.54) is 11.3 Å². The maximum Gasteiger partial charge on any atom is 0.263 e. The third-order valence-corrected chi connectivity index (χ3v) is 6.91. The van der Waals surface area contributed by atoms with Crippen molar-refractivity contribution in [3.05, 3.63) is 57.2 Å². The number of carbonyl (C=O) groups is 3. The number of piperidine rings is 1. The first-order chi connectivity index (χ1) is 14.9. The molecule has 0 radical (unpaired) electrons. The lowest BCUT2D eigenvalue weighted by Gasteiger charge is -2.36. The predicted molar refractivity (Wildman–Crippen MR) is 124 cm³/mol. The molecule has 2 atom stereocenters. The normalized spacial score (nSPS) is 16.4. The second-order valence-electron chi connectivity index (χ2n) is 7.86. The second-order valence-corrected chi connectivity index (χ2v) is 9.21. The molecule has 166 valence electrons. The average Bonchev–Trinajstić information content (AvgIpc) is 3.32. The van der Waals surface area contributed by atoms with Gasteiger partial charge in [0.2, 0.25) is 5.91 Å². The highest BCUT2D eigenvalue weighted by Gasteiger charge is 2.35.